The number of rotatable bonds is 4. The zero-order valence-electron chi connectivity index (χ0n) is 21.3. The average molecular weight is 517 g/mol. The Bertz CT molecular complexity index is 1720. The van der Waals surface area contributed by atoms with Crippen molar-refractivity contribution in [2.24, 2.45) is 4.99 Å². The molecule has 0 saturated heterocycles. The molecule has 0 N–H and O–H groups in total. The second-order valence-corrected chi connectivity index (χ2v) is 11.4. The average Bonchev–Trinajstić information content (AvgIpc) is 3.27. The van der Waals surface area contributed by atoms with E-state index in [-0.39, 0.29) is 5.91 Å². The molecule has 0 aromatic heterocycles. The summed E-state index contributed by atoms with van der Waals surface area (Å²) in [5, 5.41) is 8.61. The molecule has 0 bridgehead atoms. The van der Waals surface area contributed by atoms with Crippen LogP contribution in [-0.4, -0.2) is 23.4 Å². The summed E-state index contributed by atoms with van der Waals surface area (Å²) in [7, 11) is 1.65. The fraction of sp³-hybridized carbons (Fsp3) is 0.212. The molecular weight excluding hydrogens is 488 g/mol. The van der Waals surface area contributed by atoms with Crippen LogP contribution >= 0.6 is 11.8 Å². The van der Waals surface area contributed by atoms with Crippen LogP contribution in [0, 0.1) is 0 Å². The van der Waals surface area contributed by atoms with Gasteiger partial charge in [0.05, 0.1) is 12.8 Å². The number of amides is 1. The molecule has 1 amide bonds. The number of methoxy groups -OCH3 is 1. The largest absolute Gasteiger partial charge is 0.497 e. The van der Waals surface area contributed by atoms with Gasteiger partial charge in [0.2, 0.25) is 0 Å². The Balaban J connectivity index is 1.34. The molecule has 0 unspecified atom stereocenters. The van der Waals surface area contributed by atoms with Crippen molar-refractivity contribution >= 4 is 66.9 Å². The third-order valence-corrected chi connectivity index (χ3v) is 9.13. The Kier molecular flexibility index (Phi) is 5.81. The first-order valence-corrected chi connectivity index (χ1v) is 14.2. The summed E-state index contributed by atoms with van der Waals surface area (Å²) in [6, 6.07) is 27.1. The normalized spacial score (nSPS) is 17.8. The third-order valence-electron chi connectivity index (χ3n) is 7.84. The van der Waals surface area contributed by atoms with Crippen molar-refractivity contribution in [2.45, 2.75) is 37.4 Å². The van der Waals surface area contributed by atoms with Crippen molar-refractivity contribution in [3.8, 4) is 5.75 Å². The van der Waals surface area contributed by atoms with E-state index in [1.54, 1.807) is 23.8 Å². The first-order chi connectivity index (χ1) is 18.7. The SMILES string of the molecule is COc1ccc(N2C(=O)/C(=C/c3ccc4ccc5cccc6ccc3c4c56)N=C2SC2CCCCC2)cc1. The summed E-state index contributed by atoms with van der Waals surface area (Å²) in [6.45, 7) is 0. The van der Waals surface area contributed by atoms with Crippen LogP contribution in [0.5, 0.6) is 5.75 Å². The van der Waals surface area contributed by atoms with Crippen molar-refractivity contribution in [2.75, 3.05) is 12.0 Å². The number of hydrogen-bond acceptors (Lipinski definition) is 4. The fourth-order valence-electron chi connectivity index (χ4n) is 5.90. The topological polar surface area (TPSA) is 41.9 Å². The lowest BCUT2D eigenvalue weighted by Crippen LogP contribution is -2.31. The van der Waals surface area contributed by atoms with E-state index in [4.69, 9.17) is 9.73 Å². The van der Waals surface area contributed by atoms with Crippen LogP contribution in [0.3, 0.4) is 0 Å². The summed E-state index contributed by atoms with van der Waals surface area (Å²) < 4.78 is 5.35. The predicted molar refractivity (Wildman–Crippen MR) is 161 cm³/mol. The third kappa shape index (κ3) is 3.93. The first kappa shape index (κ1) is 23.3. The Labute approximate surface area is 226 Å². The zero-order valence-corrected chi connectivity index (χ0v) is 22.1. The summed E-state index contributed by atoms with van der Waals surface area (Å²) >= 11 is 1.75. The van der Waals surface area contributed by atoms with Gasteiger partial charge in [-0.3, -0.25) is 9.69 Å². The van der Waals surface area contributed by atoms with Gasteiger partial charge in [0.1, 0.15) is 11.4 Å². The van der Waals surface area contributed by atoms with Gasteiger partial charge in [-0.1, -0.05) is 85.6 Å². The van der Waals surface area contributed by atoms with Crippen LogP contribution in [0.15, 0.2) is 89.6 Å². The molecule has 0 atom stereocenters. The van der Waals surface area contributed by atoms with Crippen LogP contribution < -0.4 is 9.64 Å². The maximum Gasteiger partial charge on any atom is 0.283 e. The number of aliphatic imine (C=N–C) groups is 1. The minimum absolute atomic E-state index is 0.0841. The molecule has 0 radical (unpaired) electrons. The summed E-state index contributed by atoms with van der Waals surface area (Å²) in [5.74, 6) is 0.683. The van der Waals surface area contributed by atoms with Crippen LogP contribution in [-0.2, 0) is 4.79 Å². The molecule has 38 heavy (non-hydrogen) atoms. The van der Waals surface area contributed by atoms with Crippen LogP contribution in [0.4, 0.5) is 5.69 Å². The van der Waals surface area contributed by atoms with E-state index < -0.39 is 0 Å². The van der Waals surface area contributed by atoms with Crippen LogP contribution in [0.25, 0.3) is 38.4 Å². The van der Waals surface area contributed by atoms with Gasteiger partial charge in [0.15, 0.2) is 5.17 Å². The second-order valence-electron chi connectivity index (χ2n) is 10.2. The number of carbonyl (C=O) groups excluding carboxylic acids is 1. The Morgan fingerprint density at radius 2 is 1.53 bits per heavy atom. The predicted octanol–water partition coefficient (Wildman–Crippen LogP) is 8.40. The van der Waals surface area contributed by atoms with E-state index in [1.165, 1.54) is 59.0 Å². The molecule has 1 heterocycles. The highest BCUT2D eigenvalue weighted by atomic mass is 32.2. The summed E-state index contributed by atoms with van der Waals surface area (Å²) in [4.78, 5) is 20.6. The van der Waals surface area contributed by atoms with E-state index >= 15 is 0 Å². The highest BCUT2D eigenvalue weighted by molar-refractivity contribution is 8.14. The highest BCUT2D eigenvalue weighted by Crippen LogP contribution is 2.39. The Morgan fingerprint density at radius 1 is 0.842 bits per heavy atom. The Hall–Kier alpha value is -3.83. The van der Waals surface area contributed by atoms with Gasteiger partial charge in [0, 0.05) is 5.25 Å². The number of benzene rings is 5. The van der Waals surface area contributed by atoms with E-state index in [9.17, 15) is 4.79 Å². The minimum Gasteiger partial charge on any atom is -0.497 e. The molecule has 1 fully saturated rings. The van der Waals surface area contributed by atoms with Crippen molar-refractivity contribution in [3.63, 3.8) is 0 Å². The Morgan fingerprint density at radius 3 is 2.26 bits per heavy atom. The van der Waals surface area contributed by atoms with Gasteiger partial charge in [-0.2, -0.15) is 0 Å². The molecule has 5 aromatic rings. The monoisotopic (exact) mass is 516 g/mol. The van der Waals surface area contributed by atoms with E-state index in [1.807, 2.05) is 30.3 Å². The number of hydrogen-bond donors (Lipinski definition) is 0. The lowest BCUT2D eigenvalue weighted by atomic mass is 9.92. The van der Waals surface area contributed by atoms with Gasteiger partial charge in [-0.15, -0.1) is 0 Å². The quantitative estimate of drug-likeness (QED) is 0.178. The molecule has 4 nitrogen and oxygen atoms in total. The molecule has 0 spiro atoms. The van der Waals surface area contributed by atoms with Gasteiger partial charge < -0.3 is 4.74 Å². The number of thioether (sulfide) groups is 1. The number of amidine groups is 1. The number of ether oxygens (including phenoxy) is 1. The molecule has 1 aliphatic carbocycles. The van der Waals surface area contributed by atoms with Crippen LogP contribution in [0.1, 0.15) is 37.7 Å². The molecule has 7 rings (SSSR count). The van der Waals surface area contributed by atoms with E-state index in [0.29, 0.717) is 10.9 Å². The van der Waals surface area contributed by atoms with Gasteiger partial charge in [-0.05, 0) is 81.1 Å². The molecule has 1 saturated carbocycles. The van der Waals surface area contributed by atoms with Crippen LogP contribution in [0.2, 0.25) is 0 Å². The van der Waals surface area contributed by atoms with Crippen molar-refractivity contribution in [1.29, 1.82) is 0 Å². The number of nitrogens with zero attached hydrogens (tertiary/aromatic N) is 2. The van der Waals surface area contributed by atoms with Gasteiger partial charge in [-0.25, -0.2) is 4.99 Å². The number of carbonyl (C=O) groups is 1. The maximum atomic E-state index is 13.9. The van der Waals surface area contributed by atoms with Crippen molar-refractivity contribution < 1.29 is 9.53 Å². The lowest BCUT2D eigenvalue weighted by Gasteiger charge is -2.24. The summed E-state index contributed by atoms with van der Waals surface area (Å²) in [6.07, 6.45) is 8.09. The van der Waals surface area contributed by atoms with E-state index in [0.717, 1.165) is 27.6 Å². The minimum atomic E-state index is -0.0841. The zero-order chi connectivity index (χ0) is 25.6. The lowest BCUT2D eigenvalue weighted by molar-refractivity contribution is -0.113. The smallest absolute Gasteiger partial charge is 0.283 e. The molecule has 188 valence electrons. The highest BCUT2D eigenvalue weighted by Gasteiger charge is 2.34. The van der Waals surface area contributed by atoms with Gasteiger partial charge >= 0.3 is 0 Å². The molecule has 5 heteroatoms. The molecule has 1 aliphatic heterocycles. The molecular formula is C33H28N2O2S. The molecule has 2 aliphatic rings. The van der Waals surface area contributed by atoms with Crippen molar-refractivity contribution in [3.05, 3.63) is 90.1 Å². The maximum absolute atomic E-state index is 13.9. The molecule has 5 aromatic carbocycles. The number of anilines is 1. The standard InChI is InChI=1S/C33H28N2O2S/c1-37-26-17-15-25(16-18-26)35-32(36)29(34-33(35)38-27-8-3-2-4-9-27)20-24-13-12-23-11-10-21-6-5-7-22-14-19-28(24)31(23)30(21)22/h5-7,10-20,27H,2-4,8-9H2,1H3/b29-20-. The first-order valence-electron chi connectivity index (χ1n) is 13.3. The fourth-order valence-corrected chi connectivity index (χ4v) is 7.21. The van der Waals surface area contributed by atoms with E-state index in [2.05, 4.69) is 54.6 Å². The van der Waals surface area contributed by atoms with Gasteiger partial charge in [0.25, 0.3) is 5.91 Å². The van der Waals surface area contributed by atoms with Crippen molar-refractivity contribution in [1.82, 2.24) is 0 Å². The summed E-state index contributed by atoms with van der Waals surface area (Å²) in [5.41, 5.74) is 2.31. The second kappa shape index (κ2) is 9.48.